The molecule has 0 aliphatic carbocycles. The molecule has 1 aromatic carbocycles. The normalized spacial score (nSPS) is 13.2. The molecular weight excluding hydrogens is 415 g/mol. The van der Waals surface area contributed by atoms with Gasteiger partial charge in [-0.2, -0.15) is 5.26 Å². The van der Waals surface area contributed by atoms with E-state index in [0.717, 1.165) is 9.04 Å². The SMILES string of the molecule is CSc1nc2nc(/C=N\[S+]([O-])C(C)(C)C)c(-c3ccc(F)c(C#N)c3)cc2s1. The number of benzene rings is 1. The van der Waals surface area contributed by atoms with E-state index < -0.39 is 21.9 Å². The van der Waals surface area contributed by atoms with Gasteiger partial charge in [-0.25, -0.2) is 14.4 Å². The van der Waals surface area contributed by atoms with Gasteiger partial charge in [0.25, 0.3) is 0 Å². The number of hydrogen-bond acceptors (Lipinski definition) is 7. The number of rotatable bonds is 4. The number of hydrogen-bond donors (Lipinski definition) is 0. The van der Waals surface area contributed by atoms with Crippen LogP contribution in [0, 0.1) is 17.1 Å². The molecule has 2 aromatic heterocycles. The fraction of sp³-hybridized carbons (Fsp3) is 0.263. The van der Waals surface area contributed by atoms with Crippen molar-refractivity contribution in [3.63, 3.8) is 0 Å². The van der Waals surface area contributed by atoms with Crippen molar-refractivity contribution in [3.05, 3.63) is 41.3 Å². The highest BCUT2D eigenvalue weighted by molar-refractivity contribution is 8.00. The minimum absolute atomic E-state index is 0.0483. The molecular formula is C19H17FN4OS3. The Labute approximate surface area is 174 Å². The van der Waals surface area contributed by atoms with Crippen LogP contribution < -0.4 is 0 Å². The van der Waals surface area contributed by atoms with E-state index in [1.807, 2.05) is 39.2 Å². The zero-order chi connectivity index (χ0) is 20.5. The van der Waals surface area contributed by atoms with Crippen molar-refractivity contribution in [1.29, 1.82) is 5.26 Å². The topological polar surface area (TPSA) is 85.0 Å². The number of thiazole rings is 1. The van der Waals surface area contributed by atoms with Gasteiger partial charge >= 0.3 is 0 Å². The molecule has 0 saturated heterocycles. The van der Waals surface area contributed by atoms with Crippen molar-refractivity contribution < 1.29 is 8.94 Å². The van der Waals surface area contributed by atoms with Crippen molar-refractivity contribution in [1.82, 2.24) is 9.97 Å². The van der Waals surface area contributed by atoms with Crippen LogP contribution in [0.5, 0.6) is 0 Å². The molecule has 144 valence electrons. The van der Waals surface area contributed by atoms with Crippen LogP contribution in [0.3, 0.4) is 0 Å². The van der Waals surface area contributed by atoms with Gasteiger partial charge in [-0.1, -0.05) is 22.2 Å². The van der Waals surface area contributed by atoms with Crippen molar-refractivity contribution in [2.45, 2.75) is 29.9 Å². The van der Waals surface area contributed by atoms with Gasteiger partial charge < -0.3 is 4.55 Å². The lowest BCUT2D eigenvalue weighted by molar-refractivity contribution is 0.562. The van der Waals surface area contributed by atoms with Crippen LogP contribution >= 0.6 is 23.1 Å². The summed E-state index contributed by atoms with van der Waals surface area (Å²) in [5, 5.41) is 9.15. The summed E-state index contributed by atoms with van der Waals surface area (Å²) in [6.45, 7) is 5.51. The average Bonchev–Trinajstić information content (AvgIpc) is 3.07. The molecule has 0 spiro atoms. The predicted octanol–water partition coefficient (Wildman–Crippen LogP) is 4.97. The van der Waals surface area contributed by atoms with E-state index in [1.54, 1.807) is 6.07 Å². The molecule has 0 aliphatic heterocycles. The van der Waals surface area contributed by atoms with E-state index in [-0.39, 0.29) is 5.56 Å². The van der Waals surface area contributed by atoms with Crippen LogP contribution in [0.4, 0.5) is 4.39 Å². The summed E-state index contributed by atoms with van der Waals surface area (Å²) in [4.78, 5) is 9.05. The standard InChI is InChI=1S/C19H17FN4OS3/c1-19(2,3)28(25)22-10-15-13(11-5-6-14(20)12(7-11)9-21)8-16-17(23-15)24-18(26-4)27-16/h5-8,10H,1-4H3/b22-10-. The van der Waals surface area contributed by atoms with E-state index in [0.29, 0.717) is 22.5 Å². The number of fused-ring (bicyclic) bond motifs is 1. The molecule has 0 N–H and O–H groups in total. The van der Waals surface area contributed by atoms with Crippen molar-refractivity contribution in [2.75, 3.05) is 6.26 Å². The average molecular weight is 433 g/mol. The Balaban J connectivity index is 2.18. The summed E-state index contributed by atoms with van der Waals surface area (Å²) >= 11 is 1.58. The lowest BCUT2D eigenvalue weighted by atomic mass is 10.0. The molecule has 1 unspecified atom stereocenters. The Kier molecular flexibility index (Phi) is 6.05. The Morgan fingerprint density at radius 2 is 2.07 bits per heavy atom. The van der Waals surface area contributed by atoms with Crippen LogP contribution in [-0.2, 0) is 11.4 Å². The van der Waals surface area contributed by atoms with Crippen LogP contribution in [0.1, 0.15) is 32.0 Å². The summed E-state index contributed by atoms with van der Waals surface area (Å²) in [6, 6.07) is 8.08. The quantitative estimate of drug-likeness (QED) is 0.330. The second-order valence-electron chi connectivity index (χ2n) is 6.83. The summed E-state index contributed by atoms with van der Waals surface area (Å²) in [5.74, 6) is -0.577. The number of nitriles is 1. The Hall–Kier alpha value is -1.99. The minimum atomic E-state index is -1.45. The maximum Gasteiger partial charge on any atom is 0.172 e. The van der Waals surface area contributed by atoms with Crippen LogP contribution in [0.15, 0.2) is 33.0 Å². The molecule has 5 nitrogen and oxygen atoms in total. The molecule has 0 bridgehead atoms. The zero-order valence-electron chi connectivity index (χ0n) is 15.7. The van der Waals surface area contributed by atoms with Crippen molar-refractivity contribution in [2.24, 2.45) is 4.40 Å². The van der Waals surface area contributed by atoms with Gasteiger partial charge in [-0.3, -0.25) is 0 Å². The largest absolute Gasteiger partial charge is 0.591 e. The Morgan fingerprint density at radius 3 is 2.71 bits per heavy atom. The first-order valence-corrected chi connectivity index (χ1v) is 11.4. The molecule has 2 heterocycles. The predicted molar refractivity (Wildman–Crippen MR) is 115 cm³/mol. The lowest BCUT2D eigenvalue weighted by Crippen LogP contribution is -2.25. The third kappa shape index (κ3) is 4.36. The molecule has 0 amide bonds. The monoisotopic (exact) mass is 432 g/mol. The molecule has 28 heavy (non-hydrogen) atoms. The number of halogens is 1. The zero-order valence-corrected chi connectivity index (χ0v) is 18.1. The third-order valence-electron chi connectivity index (χ3n) is 3.76. The van der Waals surface area contributed by atoms with E-state index in [9.17, 15) is 8.94 Å². The van der Waals surface area contributed by atoms with Crippen LogP contribution in [0.25, 0.3) is 21.5 Å². The highest BCUT2D eigenvalue weighted by atomic mass is 32.2. The smallest absolute Gasteiger partial charge is 0.172 e. The summed E-state index contributed by atoms with van der Waals surface area (Å²) in [7, 11) is 0. The van der Waals surface area contributed by atoms with E-state index in [4.69, 9.17) is 5.26 Å². The van der Waals surface area contributed by atoms with Gasteiger partial charge in [0.2, 0.25) is 0 Å². The van der Waals surface area contributed by atoms with Gasteiger partial charge in [-0.05, 0) is 50.8 Å². The fourth-order valence-corrected chi connectivity index (χ4v) is 4.28. The number of nitrogens with zero attached hydrogens (tertiary/aromatic N) is 4. The van der Waals surface area contributed by atoms with Gasteiger partial charge in [0.1, 0.15) is 34.2 Å². The minimum Gasteiger partial charge on any atom is -0.591 e. The second kappa shape index (κ2) is 8.17. The van der Waals surface area contributed by atoms with Crippen LogP contribution in [0.2, 0.25) is 0 Å². The number of pyridine rings is 1. The number of thioether (sulfide) groups is 1. The lowest BCUT2D eigenvalue weighted by Gasteiger charge is -2.17. The molecule has 9 heteroatoms. The van der Waals surface area contributed by atoms with Crippen molar-refractivity contribution in [3.8, 4) is 17.2 Å². The van der Waals surface area contributed by atoms with Crippen molar-refractivity contribution >= 4 is 51.0 Å². The first-order chi connectivity index (χ1) is 13.2. The molecule has 1 atom stereocenters. The maximum absolute atomic E-state index is 13.8. The fourth-order valence-electron chi connectivity index (χ4n) is 2.31. The highest BCUT2D eigenvalue weighted by Crippen LogP contribution is 2.33. The number of aromatic nitrogens is 2. The molecule has 3 aromatic rings. The first kappa shape index (κ1) is 20.7. The third-order valence-corrected chi connectivity index (χ3v) is 7.08. The Bertz CT molecular complexity index is 1100. The molecule has 0 aliphatic rings. The van der Waals surface area contributed by atoms with E-state index in [1.165, 1.54) is 41.4 Å². The summed E-state index contributed by atoms with van der Waals surface area (Å²) in [6.07, 6.45) is 3.40. The first-order valence-electron chi connectivity index (χ1n) is 8.24. The van der Waals surface area contributed by atoms with Gasteiger partial charge in [-0.15, -0.1) is 11.3 Å². The van der Waals surface area contributed by atoms with Gasteiger partial charge in [0.05, 0.1) is 16.0 Å². The van der Waals surface area contributed by atoms with E-state index >= 15 is 0 Å². The molecule has 0 saturated carbocycles. The van der Waals surface area contributed by atoms with E-state index in [2.05, 4.69) is 14.4 Å². The highest BCUT2D eigenvalue weighted by Gasteiger charge is 2.26. The van der Waals surface area contributed by atoms with Crippen LogP contribution in [-0.4, -0.2) is 31.7 Å². The second-order valence-corrected chi connectivity index (χ2v) is 10.8. The summed E-state index contributed by atoms with van der Waals surface area (Å²) < 4.78 is 31.5. The molecule has 3 rings (SSSR count). The molecule has 0 fully saturated rings. The van der Waals surface area contributed by atoms with Gasteiger partial charge in [0, 0.05) is 5.56 Å². The Morgan fingerprint density at radius 1 is 1.32 bits per heavy atom. The maximum atomic E-state index is 13.8. The molecule has 0 radical (unpaired) electrons. The summed E-state index contributed by atoms with van der Waals surface area (Å²) in [5.41, 5.74) is 2.31. The van der Waals surface area contributed by atoms with Gasteiger partial charge in [0.15, 0.2) is 9.99 Å².